The minimum absolute atomic E-state index is 0.164. The van der Waals surface area contributed by atoms with Gasteiger partial charge >= 0.3 is 0 Å². The predicted octanol–water partition coefficient (Wildman–Crippen LogP) is 1.82. The van der Waals surface area contributed by atoms with E-state index in [0.717, 1.165) is 25.3 Å². The average Bonchev–Trinajstić information content (AvgIpc) is 2.93. The van der Waals surface area contributed by atoms with Crippen molar-refractivity contribution >= 4 is 17.5 Å². The number of nitrogens with zero attached hydrogens (tertiary/aromatic N) is 4. The third kappa shape index (κ3) is 3.40. The number of hydrogen-bond donors (Lipinski definition) is 3. The smallest absolute Gasteiger partial charge is 0.183 e. The number of aromatic amines is 1. The largest absolute Gasteiger partial charge is 0.381 e. The minimum Gasteiger partial charge on any atom is -0.381 e. The lowest BCUT2D eigenvalue weighted by molar-refractivity contribution is -0.0379. The van der Waals surface area contributed by atoms with Crippen molar-refractivity contribution in [2.45, 2.75) is 26.3 Å². The van der Waals surface area contributed by atoms with Crippen molar-refractivity contribution in [3.8, 4) is 6.07 Å². The minimum atomic E-state index is 0.164. The maximum absolute atomic E-state index is 9.20. The van der Waals surface area contributed by atoms with Gasteiger partial charge in [-0.1, -0.05) is 6.92 Å². The number of aryl methyl sites for hydroxylation is 1. The van der Waals surface area contributed by atoms with Crippen LogP contribution in [0.3, 0.4) is 0 Å². The van der Waals surface area contributed by atoms with E-state index in [2.05, 4.69) is 43.8 Å². The summed E-state index contributed by atoms with van der Waals surface area (Å²) in [6, 6.07) is 4.15. The first-order valence-electron chi connectivity index (χ1n) is 7.62. The molecule has 1 atom stereocenters. The molecule has 0 unspecified atom stereocenters. The Labute approximate surface area is 134 Å². The van der Waals surface area contributed by atoms with Gasteiger partial charge in [-0.2, -0.15) is 10.4 Å². The highest BCUT2D eigenvalue weighted by Gasteiger charge is 2.26. The molecule has 1 aliphatic heterocycles. The van der Waals surface area contributed by atoms with Gasteiger partial charge in [0.25, 0.3) is 0 Å². The number of aromatic nitrogens is 4. The third-order valence-electron chi connectivity index (χ3n) is 3.88. The molecule has 2 aromatic rings. The van der Waals surface area contributed by atoms with E-state index in [0.29, 0.717) is 23.4 Å². The predicted molar refractivity (Wildman–Crippen MR) is 85.4 cm³/mol. The summed E-state index contributed by atoms with van der Waals surface area (Å²) >= 11 is 0. The lowest BCUT2D eigenvalue weighted by atomic mass is 10.00. The molecule has 2 aromatic heterocycles. The maximum Gasteiger partial charge on any atom is 0.183 e. The van der Waals surface area contributed by atoms with E-state index in [9.17, 15) is 5.26 Å². The fraction of sp³-hybridized carbons (Fsp3) is 0.467. The van der Waals surface area contributed by atoms with Crippen molar-refractivity contribution < 1.29 is 4.74 Å². The summed E-state index contributed by atoms with van der Waals surface area (Å²) in [5.74, 6) is 2.12. The van der Waals surface area contributed by atoms with Crippen molar-refractivity contribution in [1.82, 2.24) is 20.2 Å². The highest BCUT2D eigenvalue weighted by molar-refractivity contribution is 5.57. The number of ether oxygens (including phenoxy) is 1. The van der Waals surface area contributed by atoms with Crippen molar-refractivity contribution in [2.75, 3.05) is 23.8 Å². The molecule has 23 heavy (non-hydrogen) atoms. The molecule has 0 saturated carbocycles. The summed E-state index contributed by atoms with van der Waals surface area (Å²) < 4.78 is 5.20. The topological polar surface area (TPSA) is 112 Å². The first kappa shape index (κ1) is 15.2. The van der Waals surface area contributed by atoms with Gasteiger partial charge in [-0.05, 0) is 13.3 Å². The molecule has 3 heterocycles. The Balaban J connectivity index is 1.76. The van der Waals surface area contributed by atoms with Crippen LogP contribution in [0, 0.1) is 17.2 Å². The van der Waals surface area contributed by atoms with Crippen LogP contribution in [-0.4, -0.2) is 39.4 Å². The van der Waals surface area contributed by atoms with Crippen LogP contribution in [-0.2, 0) is 11.2 Å². The van der Waals surface area contributed by atoms with E-state index < -0.39 is 0 Å². The van der Waals surface area contributed by atoms with Crippen molar-refractivity contribution in [2.24, 2.45) is 5.92 Å². The van der Waals surface area contributed by atoms with Gasteiger partial charge in [0.15, 0.2) is 23.1 Å². The average molecular weight is 313 g/mol. The third-order valence-corrected chi connectivity index (χ3v) is 3.88. The summed E-state index contributed by atoms with van der Waals surface area (Å²) in [6.45, 7) is 5.56. The zero-order valence-electron chi connectivity index (χ0n) is 13.1. The summed E-state index contributed by atoms with van der Waals surface area (Å²) in [5, 5.41) is 22.6. The summed E-state index contributed by atoms with van der Waals surface area (Å²) in [7, 11) is 0. The van der Waals surface area contributed by atoms with Crippen LogP contribution in [0.15, 0.2) is 12.3 Å². The number of hydrogen-bond acceptors (Lipinski definition) is 7. The lowest BCUT2D eigenvalue weighted by Crippen LogP contribution is -2.40. The number of rotatable bonds is 6. The van der Waals surface area contributed by atoms with Gasteiger partial charge in [-0.15, -0.1) is 0 Å². The van der Waals surface area contributed by atoms with E-state index in [1.807, 2.05) is 13.0 Å². The highest BCUT2D eigenvalue weighted by Crippen LogP contribution is 2.21. The molecule has 1 fully saturated rings. The molecule has 3 rings (SSSR count). The number of H-pyrrole nitrogens is 1. The van der Waals surface area contributed by atoms with Crippen LogP contribution in [0.5, 0.6) is 0 Å². The van der Waals surface area contributed by atoms with E-state index in [1.54, 1.807) is 0 Å². The zero-order chi connectivity index (χ0) is 16.2. The first-order chi connectivity index (χ1) is 11.2. The van der Waals surface area contributed by atoms with Crippen LogP contribution >= 0.6 is 0 Å². The molecule has 0 aromatic carbocycles. The molecule has 0 bridgehead atoms. The van der Waals surface area contributed by atoms with Crippen LogP contribution in [0.4, 0.5) is 17.5 Å². The first-order valence-corrected chi connectivity index (χ1v) is 7.62. The van der Waals surface area contributed by atoms with Crippen LogP contribution in [0.25, 0.3) is 0 Å². The van der Waals surface area contributed by atoms with E-state index >= 15 is 0 Å². The number of anilines is 3. The quantitative estimate of drug-likeness (QED) is 0.745. The Morgan fingerprint density at radius 3 is 2.91 bits per heavy atom. The molecule has 120 valence electrons. The Bertz CT molecular complexity index is 717. The Morgan fingerprint density at radius 1 is 1.48 bits per heavy atom. The molecule has 0 radical (unpaired) electrons. The standard InChI is InChI=1S/C15H19N7O/c1-3-11-4-13(22-21-11)19-14-6-17-12(5-16)15(20-14)18-9(2)10-7-23-8-10/h4,6,9-10H,3,7-8H2,1-2H3,(H3,18,19,20,21,22)/t9-/m0/s1. The molecule has 8 nitrogen and oxygen atoms in total. The monoisotopic (exact) mass is 313 g/mol. The summed E-state index contributed by atoms with van der Waals surface area (Å²) in [5.41, 5.74) is 1.31. The fourth-order valence-corrected chi connectivity index (χ4v) is 2.25. The summed E-state index contributed by atoms with van der Waals surface area (Å²) in [6.07, 6.45) is 2.41. The van der Waals surface area contributed by atoms with Gasteiger partial charge in [-0.25, -0.2) is 9.97 Å². The number of nitriles is 1. The molecular weight excluding hydrogens is 294 g/mol. The van der Waals surface area contributed by atoms with Gasteiger partial charge in [-0.3, -0.25) is 5.10 Å². The van der Waals surface area contributed by atoms with Crippen LogP contribution < -0.4 is 10.6 Å². The SMILES string of the molecule is CCc1cc(Nc2cnc(C#N)c(N[C@@H](C)C3COC3)n2)n[nH]1. The second-order valence-corrected chi connectivity index (χ2v) is 5.55. The normalized spacial score (nSPS) is 15.5. The molecule has 1 aliphatic rings. The molecule has 0 amide bonds. The molecule has 0 aliphatic carbocycles. The maximum atomic E-state index is 9.20. The van der Waals surface area contributed by atoms with E-state index in [-0.39, 0.29) is 11.7 Å². The Hall–Kier alpha value is -2.66. The molecule has 8 heteroatoms. The molecule has 0 spiro atoms. The van der Waals surface area contributed by atoms with Gasteiger partial charge in [0.2, 0.25) is 0 Å². The Kier molecular flexibility index (Phi) is 4.39. The van der Waals surface area contributed by atoms with Crippen molar-refractivity contribution in [3.63, 3.8) is 0 Å². The lowest BCUT2D eigenvalue weighted by Gasteiger charge is -2.32. The van der Waals surface area contributed by atoms with E-state index in [1.165, 1.54) is 6.20 Å². The highest BCUT2D eigenvalue weighted by atomic mass is 16.5. The molecular formula is C15H19N7O. The fourth-order valence-electron chi connectivity index (χ4n) is 2.25. The van der Waals surface area contributed by atoms with Gasteiger partial charge in [0.05, 0.1) is 19.4 Å². The number of nitrogens with one attached hydrogen (secondary N) is 3. The van der Waals surface area contributed by atoms with E-state index in [4.69, 9.17) is 4.74 Å². The second kappa shape index (κ2) is 6.62. The van der Waals surface area contributed by atoms with Crippen molar-refractivity contribution in [3.05, 3.63) is 23.7 Å². The van der Waals surface area contributed by atoms with Gasteiger partial charge in [0, 0.05) is 23.7 Å². The van der Waals surface area contributed by atoms with Crippen molar-refractivity contribution in [1.29, 1.82) is 5.26 Å². The zero-order valence-corrected chi connectivity index (χ0v) is 13.1. The van der Waals surface area contributed by atoms with Gasteiger partial charge < -0.3 is 15.4 Å². The second-order valence-electron chi connectivity index (χ2n) is 5.55. The van der Waals surface area contributed by atoms with Gasteiger partial charge in [0.1, 0.15) is 6.07 Å². The molecule has 3 N–H and O–H groups in total. The Morgan fingerprint density at radius 2 is 2.30 bits per heavy atom. The summed E-state index contributed by atoms with van der Waals surface area (Å²) in [4.78, 5) is 8.61. The van der Waals surface area contributed by atoms with Crippen LogP contribution in [0.1, 0.15) is 25.2 Å². The van der Waals surface area contributed by atoms with Crippen LogP contribution in [0.2, 0.25) is 0 Å². The molecule has 1 saturated heterocycles.